The van der Waals surface area contributed by atoms with E-state index < -0.39 is 0 Å². The summed E-state index contributed by atoms with van der Waals surface area (Å²) in [5.41, 5.74) is 1.56. The first-order valence-corrected chi connectivity index (χ1v) is 4.39. The molecule has 12 heavy (non-hydrogen) atoms. The van der Waals surface area contributed by atoms with E-state index in [0.29, 0.717) is 5.54 Å². The molecule has 0 radical (unpaired) electrons. The van der Waals surface area contributed by atoms with Gasteiger partial charge in [0.05, 0.1) is 0 Å². The number of nitrogens with one attached hydrogen (secondary N) is 1. The molecule has 1 aromatic heterocycles. The first-order valence-electron chi connectivity index (χ1n) is 4.39. The molecule has 2 nitrogen and oxygen atoms in total. The molecule has 0 saturated heterocycles. The fraction of sp³-hybridized carbons (Fsp3) is 0.500. The molecule has 0 aromatic carbocycles. The highest BCUT2D eigenvalue weighted by Crippen LogP contribution is 2.38. The molecule has 1 fully saturated rings. The lowest BCUT2D eigenvalue weighted by Gasteiger charge is -2.13. The van der Waals surface area contributed by atoms with Crippen LogP contribution in [0, 0.1) is 6.92 Å². The van der Waals surface area contributed by atoms with Crippen molar-refractivity contribution in [2.45, 2.75) is 32.2 Å². The minimum Gasteiger partial charge on any atom is -0.365 e. The number of hydrogen-bond donors (Lipinski definition) is 1. The fourth-order valence-electron chi connectivity index (χ4n) is 1.21. The van der Waals surface area contributed by atoms with E-state index in [1.54, 1.807) is 0 Å². The maximum atomic E-state index is 4.29. The van der Waals surface area contributed by atoms with Crippen LogP contribution >= 0.6 is 0 Å². The summed E-state index contributed by atoms with van der Waals surface area (Å²) in [7, 11) is 0. The summed E-state index contributed by atoms with van der Waals surface area (Å²) in [4.78, 5) is 4.29. The van der Waals surface area contributed by atoms with Crippen molar-refractivity contribution < 1.29 is 0 Å². The van der Waals surface area contributed by atoms with Crippen molar-refractivity contribution in [1.29, 1.82) is 0 Å². The second-order valence-electron chi connectivity index (χ2n) is 3.85. The van der Waals surface area contributed by atoms with E-state index in [1.165, 1.54) is 18.4 Å². The van der Waals surface area contributed by atoms with Crippen LogP contribution in [0.4, 0.5) is 5.82 Å². The van der Waals surface area contributed by atoms with Gasteiger partial charge in [-0.1, -0.05) is 6.07 Å². The van der Waals surface area contributed by atoms with E-state index >= 15 is 0 Å². The number of pyridine rings is 1. The van der Waals surface area contributed by atoms with Crippen molar-refractivity contribution >= 4 is 5.82 Å². The van der Waals surface area contributed by atoms with E-state index in [4.69, 9.17) is 0 Å². The summed E-state index contributed by atoms with van der Waals surface area (Å²) in [5, 5.41) is 3.45. The van der Waals surface area contributed by atoms with Crippen molar-refractivity contribution in [3.8, 4) is 0 Å². The Morgan fingerprint density at radius 1 is 1.50 bits per heavy atom. The molecule has 0 spiro atoms. The summed E-state index contributed by atoms with van der Waals surface area (Å²) in [6.45, 7) is 4.32. The zero-order valence-electron chi connectivity index (χ0n) is 7.59. The highest BCUT2D eigenvalue weighted by atomic mass is 15.1. The van der Waals surface area contributed by atoms with Crippen LogP contribution in [0.1, 0.15) is 25.3 Å². The van der Waals surface area contributed by atoms with Gasteiger partial charge >= 0.3 is 0 Å². The lowest BCUT2D eigenvalue weighted by atomic mass is 10.2. The lowest BCUT2D eigenvalue weighted by Crippen LogP contribution is -2.17. The van der Waals surface area contributed by atoms with Gasteiger partial charge in [-0.05, 0) is 38.3 Å². The number of rotatable bonds is 2. The molecule has 1 saturated carbocycles. The van der Waals surface area contributed by atoms with Crippen molar-refractivity contribution in [1.82, 2.24) is 4.98 Å². The monoisotopic (exact) mass is 162 g/mol. The van der Waals surface area contributed by atoms with Gasteiger partial charge in [0.15, 0.2) is 0 Å². The van der Waals surface area contributed by atoms with Crippen molar-refractivity contribution in [3.05, 3.63) is 23.9 Å². The molecule has 1 aliphatic rings. The van der Waals surface area contributed by atoms with Gasteiger partial charge in [0.2, 0.25) is 0 Å². The quantitative estimate of drug-likeness (QED) is 0.722. The third-order valence-electron chi connectivity index (χ3n) is 2.43. The van der Waals surface area contributed by atoms with Crippen LogP contribution in [0.2, 0.25) is 0 Å². The Morgan fingerprint density at radius 3 is 2.83 bits per heavy atom. The topological polar surface area (TPSA) is 24.9 Å². The predicted molar refractivity (Wildman–Crippen MR) is 50.2 cm³/mol. The Balaban J connectivity index is 2.17. The molecule has 1 aromatic rings. The number of anilines is 1. The summed E-state index contributed by atoms with van der Waals surface area (Å²) in [6.07, 6.45) is 4.37. The van der Waals surface area contributed by atoms with Crippen LogP contribution in [0.3, 0.4) is 0 Å². The van der Waals surface area contributed by atoms with Gasteiger partial charge in [0, 0.05) is 11.7 Å². The molecule has 2 rings (SSSR count). The second-order valence-corrected chi connectivity index (χ2v) is 3.85. The van der Waals surface area contributed by atoms with Crippen LogP contribution in [0.15, 0.2) is 18.3 Å². The van der Waals surface area contributed by atoms with Crippen LogP contribution in [0.5, 0.6) is 0 Å². The van der Waals surface area contributed by atoms with Crippen molar-refractivity contribution in [3.63, 3.8) is 0 Å². The van der Waals surface area contributed by atoms with Gasteiger partial charge < -0.3 is 5.32 Å². The highest BCUT2D eigenvalue weighted by molar-refractivity contribution is 5.46. The largest absolute Gasteiger partial charge is 0.365 e. The van der Waals surface area contributed by atoms with Gasteiger partial charge in [0.25, 0.3) is 0 Å². The van der Waals surface area contributed by atoms with Crippen LogP contribution in [-0.2, 0) is 0 Å². The molecular formula is C10H14N2. The second kappa shape index (κ2) is 2.47. The maximum Gasteiger partial charge on any atom is 0.129 e. The molecule has 1 N–H and O–H groups in total. The molecule has 0 bridgehead atoms. The molecule has 64 valence electrons. The lowest BCUT2D eigenvalue weighted by molar-refractivity contribution is 0.818. The Morgan fingerprint density at radius 2 is 2.25 bits per heavy atom. The van der Waals surface area contributed by atoms with Crippen LogP contribution in [-0.4, -0.2) is 10.5 Å². The van der Waals surface area contributed by atoms with E-state index in [-0.39, 0.29) is 0 Å². The smallest absolute Gasteiger partial charge is 0.129 e. The number of aryl methyl sites for hydroxylation is 1. The van der Waals surface area contributed by atoms with E-state index in [1.807, 2.05) is 12.3 Å². The standard InChI is InChI=1S/C10H14N2/c1-8-4-3-7-11-9(8)12-10(2)5-6-10/h3-4,7H,5-6H2,1-2H3,(H,11,12). The third-order valence-corrected chi connectivity index (χ3v) is 2.43. The minimum absolute atomic E-state index is 0.332. The summed E-state index contributed by atoms with van der Waals surface area (Å²) < 4.78 is 0. The Kier molecular flexibility index (Phi) is 1.56. The maximum absolute atomic E-state index is 4.29. The summed E-state index contributed by atoms with van der Waals surface area (Å²) in [5.74, 6) is 1.04. The van der Waals surface area contributed by atoms with E-state index in [2.05, 4.69) is 30.2 Å². The Labute approximate surface area is 73.0 Å². The molecule has 0 atom stereocenters. The van der Waals surface area contributed by atoms with E-state index in [0.717, 1.165) is 5.82 Å². The molecule has 2 heteroatoms. The predicted octanol–water partition coefficient (Wildman–Crippen LogP) is 2.35. The van der Waals surface area contributed by atoms with Crippen LogP contribution in [0.25, 0.3) is 0 Å². The van der Waals surface area contributed by atoms with Gasteiger partial charge in [-0.3, -0.25) is 0 Å². The third kappa shape index (κ3) is 1.42. The molecule has 0 unspecified atom stereocenters. The van der Waals surface area contributed by atoms with E-state index in [9.17, 15) is 0 Å². The zero-order chi connectivity index (χ0) is 8.60. The molecule has 0 amide bonds. The van der Waals surface area contributed by atoms with Gasteiger partial charge in [0.1, 0.15) is 5.82 Å². The Bertz CT molecular complexity index is 290. The SMILES string of the molecule is Cc1cccnc1NC1(C)CC1. The van der Waals surface area contributed by atoms with Crippen LogP contribution < -0.4 is 5.32 Å². The number of aromatic nitrogens is 1. The van der Waals surface area contributed by atoms with Crippen molar-refractivity contribution in [2.24, 2.45) is 0 Å². The number of hydrogen-bond acceptors (Lipinski definition) is 2. The fourth-order valence-corrected chi connectivity index (χ4v) is 1.21. The molecule has 1 heterocycles. The van der Waals surface area contributed by atoms with Crippen molar-refractivity contribution in [2.75, 3.05) is 5.32 Å². The normalized spacial score (nSPS) is 18.8. The average Bonchev–Trinajstić information content (AvgIpc) is 2.74. The van der Waals surface area contributed by atoms with Gasteiger partial charge in [-0.15, -0.1) is 0 Å². The number of nitrogens with zero attached hydrogens (tertiary/aromatic N) is 1. The average molecular weight is 162 g/mol. The summed E-state index contributed by atoms with van der Waals surface area (Å²) >= 11 is 0. The highest BCUT2D eigenvalue weighted by Gasteiger charge is 2.37. The molecule has 0 aliphatic heterocycles. The van der Waals surface area contributed by atoms with Gasteiger partial charge in [-0.25, -0.2) is 4.98 Å². The molecular weight excluding hydrogens is 148 g/mol. The first kappa shape index (κ1) is 7.59. The minimum atomic E-state index is 0.332. The van der Waals surface area contributed by atoms with Gasteiger partial charge in [-0.2, -0.15) is 0 Å². The zero-order valence-corrected chi connectivity index (χ0v) is 7.59. The molecule has 1 aliphatic carbocycles. The summed E-state index contributed by atoms with van der Waals surface area (Å²) in [6, 6.07) is 4.05. The first-order chi connectivity index (χ1) is 5.70. The Hall–Kier alpha value is -1.05.